The number of aromatic nitrogens is 1. The van der Waals surface area contributed by atoms with Crippen LogP contribution in [0.5, 0.6) is 0 Å². The molecule has 26 heavy (non-hydrogen) atoms. The zero-order valence-corrected chi connectivity index (χ0v) is 15.8. The molecule has 2 rings (SSSR count). The summed E-state index contributed by atoms with van der Waals surface area (Å²) < 4.78 is 37.9. The second kappa shape index (κ2) is 9.55. The number of hydrogen-bond acceptors (Lipinski definition) is 4. The summed E-state index contributed by atoms with van der Waals surface area (Å²) in [6, 6.07) is 0. The van der Waals surface area contributed by atoms with Crippen LogP contribution in [0.3, 0.4) is 0 Å². The summed E-state index contributed by atoms with van der Waals surface area (Å²) in [5, 5.41) is 17.2. The zero-order chi connectivity index (χ0) is 19.0. The highest BCUT2D eigenvalue weighted by atomic mass is 32.1. The van der Waals surface area contributed by atoms with Crippen LogP contribution in [0.25, 0.3) is 0 Å². The van der Waals surface area contributed by atoms with E-state index < -0.39 is 11.9 Å². The molecule has 0 saturated heterocycles. The maximum atomic E-state index is 12.6. The van der Waals surface area contributed by atoms with Crippen molar-refractivity contribution < 1.29 is 18.3 Å². The Bertz CT molecular complexity index is 577. The Balaban J connectivity index is 1.98. The third-order valence-corrected chi connectivity index (χ3v) is 5.58. The number of nitrogens with zero attached hydrogens (tertiary/aromatic N) is 2. The lowest BCUT2D eigenvalue weighted by molar-refractivity contribution is -0.140. The van der Waals surface area contributed by atoms with E-state index in [9.17, 15) is 18.3 Å². The third-order valence-electron chi connectivity index (χ3n) is 4.75. The molecule has 1 heterocycles. The molecule has 0 unspecified atom stereocenters. The zero-order valence-electron chi connectivity index (χ0n) is 15.0. The van der Waals surface area contributed by atoms with Gasteiger partial charge in [-0.25, -0.2) is 9.98 Å². The molecule has 0 radical (unpaired) electrons. The molecule has 3 N–H and O–H groups in total. The first-order valence-corrected chi connectivity index (χ1v) is 9.91. The molecule has 0 atom stereocenters. The normalized spacial score (nSPS) is 18.0. The highest BCUT2D eigenvalue weighted by Gasteiger charge is 2.34. The van der Waals surface area contributed by atoms with Crippen LogP contribution in [-0.2, 0) is 12.7 Å². The molecule has 1 saturated carbocycles. The number of aliphatic hydroxyl groups is 1. The van der Waals surface area contributed by atoms with Crippen LogP contribution < -0.4 is 10.6 Å². The van der Waals surface area contributed by atoms with E-state index in [1.165, 1.54) is 6.42 Å². The molecule has 0 aromatic carbocycles. The van der Waals surface area contributed by atoms with Crippen molar-refractivity contribution in [2.75, 3.05) is 19.7 Å². The lowest BCUT2D eigenvalue weighted by Crippen LogP contribution is -2.44. The van der Waals surface area contributed by atoms with Crippen molar-refractivity contribution >= 4 is 17.3 Å². The average molecular weight is 392 g/mol. The summed E-state index contributed by atoms with van der Waals surface area (Å²) in [5.74, 6) is 0.569. The number of guanidine groups is 1. The molecule has 5 nitrogen and oxygen atoms in total. The molecular weight excluding hydrogens is 365 g/mol. The summed E-state index contributed by atoms with van der Waals surface area (Å²) in [5.41, 5.74) is -0.803. The molecule has 148 valence electrons. The molecule has 0 spiro atoms. The minimum Gasteiger partial charge on any atom is -0.396 e. The number of alkyl halides is 3. The molecule has 1 aromatic heterocycles. The maximum Gasteiger partial charge on any atom is 0.434 e. The summed E-state index contributed by atoms with van der Waals surface area (Å²) in [6.07, 6.45) is 2.03. The van der Waals surface area contributed by atoms with Gasteiger partial charge in [-0.15, -0.1) is 11.3 Å². The number of thiazole rings is 1. The van der Waals surface area contributed by atoms with Gasteiger partial charge in [0.2, 0.25) is 0 Å². The van der Waals surface area contributed by atoms with Crippen molar-refractivity contribution in [3.05, 3.63) is 16.1 Å². The standard InChI is InChI=1S/C17H27F3N4OS/c1-2-21-15(22-10-14-24-13(11-26-14)17(18,19)20)23-12-16(8-9-25)6-4-3-5-7-16/h11,25H,2-10,12H2,1H3,(H2,21,22,23). The molecule has 1 aromatic rings. The van der Waals surface area contributed by atoms with Crippen LogP contribution >= 0.6 is 11.3 Å². The first kappa shape index (κ1) is 21.0. The van der Waals surface area contributed by atoms with Crippen molar-refractivity contribution in [2.24, 2.45) is 10.4 Å². The van der Waals surface area contributed by atoms with Gasteiger partial charge in [0.15, 0.2) is 11.7 Å². The molecule has 0 amide bonds. The van der Waals surface area contributed by atoms with Gasteiger partial charge in [0.1, 0.15) is 5.01 Å². The predicted octanol–water partition coefficient (Wildman–Crippen LogP) is 3.55. The third kappa shape index (κ3) is 6.12. The van der Waals surface area contributed by atoms with Gasteiger partial charge in [0, 0.05) is 25.1 Å². The molecular formula is C17H27F3N4OS. The number of aliphatic imine (C=N–C) groups is 1. The summed E-state index contributed by atoms with van der Waals surface area (Å²) >= 11 is 0.963. The van der Waals surface area contributed by atoms with E-state index in [1.807, 2.05) is 6.92 Å². The average Bonchev–Trinajstić information content (AvgIpc) is 3.08. The highest BCUT2D eigenvalue weighted by molar-refractivity contribution is 7.09. The van der Waals surface area contributed by atoms with Gasteiger partial charge in [-0.1, -0.05) is 19.3 Å². The van der Waals surface area contributed by atoms with Crippen LogP contribution in [-0.4, -0.2) is 35.7 Å². The van der Waals surface area contributed by atoms with Gasteiger partial charge >= 0.3 is 6.18 Å². The Morgan fingerprint density at radius 1 is 1.31 bits per heavy atom. The molecule has 9 heteroatoms. The minimum absolute atomic E-state index is 0.0633. The molecule has 1 aliphatic carbocycles. The van der Waals surface area contributed by atoms with Crippen LogP contribution in [0.1, 0.15) is 56.2 Å². The quantitative estimate of drug-likeness (QED) is 0.490. The Morgan fingerprint density at radius 2 is 2.04 bits per heavy atom. The lowest BCUT2D eigenvalue weighted by Gasteiger charge is -2.37. The van der Waals surface area contributed by atoms with Crippen LogP contribution in [0.15, 0.2) is 10.4 Å². The molecule has 0 bridgehead atoms. The number of rotatable bonds is 7. The van der Waals surface area contributed by atoms with Crippen LogP contribution in [0.2, 0.25) is 0 Å². The predicted molar refractivity (Wildman–Crippen MR) is 97.2 cm³/mol. The second-order valence-corrected chi connectivity index (χ2v) is 7.65. The first-order valence-electron chi connectivity index (χ1n) is 9.03. The summed E-state index contributed by atoms with van der Waals surface area (Å²) in [4.78, 5) is 7.97. The molecule has 1 fully saturated rings. The van der Waals surface area contributed by atoms with Crippen LogP contribution in [0, 0.1) is 5.41 Å². The van der Waals surface area contributed by atoms with Gasteiger partial charge in [0.25, 0.3) is 0 Å². The van der Waals surface area contributed by atoms with Crippen molar-refractivity contribution in [1.29, 1.82) is 0 Å². The van der Waals surface area contributed by atoms with E-state index in [0.717, 1.165) is 48.8 Å². The van der Waals surface area contributed by atoms with E-state index in [-0.39, 0.29) is 18.6 Å². The number of nitrogens with one attached hydrogen (secondary N) is 2. The van der Waals surface area contributed by atoms with E-state index >= 15 is 0 Å². The Labute approximate surface area is 156 Å². The van der Waals surface area contributed by atoms with Gasteiger partial charge in [0.05, 0.1) is 6.54 Å². The Kier molecular flexibility index (Phi) is 7.69. The van der Waals surface area contributed by atoms with Crippen molar-refractivity contribution in [2.45, 2.75) is 58.2 Å². The minimum atomic E-state index is -4.42. The lowest BCUT2D eigenvalue weighted by atomic mass is 9.72. The Morgan fingerprint density at radius 3 is 2.62 bits per heavy atom. The monoisotopic (exact) mass is 392 g/mol. The molecule has 0 aliphatic heterocycles. The molecule has 1 aliphatic rings. The fourth-order valence-electron chi connectivity index (χ4n) is 3.33. The number of hydrogen-bond donors (Lipinski definition) is 3. The van der Waals surface area contributed by atoms with Crippen LogP contribution in [0.4, 0.5) is 13.2 Å². The van der Waals surface area contributed by atoms with Gasteiger partial charge in [-0.05, 0) is 31.6 Å². The van der Waals surface area contributed by atoms with Gasteiger partial charge in [-0.3, -0.25) is 0 Å². The fraction of sp³-hybridized carbons (Fsp3) is 0.765. The number of aliphatic hydroxyl groups excluding tert-OH is 1. The fourth-order valence-corrected chi connectivity index (χ4v) is 4.05. The van der Waals surface area contributed by atoms with E-state index in [1.54, 1.807) is 0 Å². The topological polar surface area (TPSA) is 69.5 Å². The largest absolute Gasteiger partial charge is 0.434 e. The summed E-state index contributed by atoms with van der Waals surface area (Å²) in [7, 11) is 0. The van der Waals surface area contributed by atoms with Crippen molar-refractivity contribution in [3.8, 4) is 0 Å². The first-order chi connectivity index (χ1) is 12.4. The Hall–Kier alpha value is -1.35. The van der Waals surface area contributed by atoms with Crippen molar-refractivity contribution in [1.82, 2.24) is 15.6 Å². The maximum absolute atomic E-state index is 12.6. The summed E-state index contributed by atoms with van der Waals surface area (Å²) in [6.45, 7) is 3.56. The SMILES string of the molecule is CCNC(=NCc1nc(C(F)(F)F)cs1)NCC1(CCO)CCCCC1. The van der Waals surface area contributed by atoms with E-state index in [4.69, 9.17) is 0 Å². The second-order valence-electron chi connectivity index (χ2n) is 6.71. The van der Waals surface area contributed by atoms with Crippen molar-refractivity contribution in [3.63, 3.8) is 0 Å². The van der Waals surface area contributed by atoms with E-state index in [2.05, 4.69) is 20.6 Å². The van der Waals surface area contributed by atoms with Gasteiger partial charge in [-0.2, -0.15) is 13.2 Å². The number of halogens is 3. The smallest absolute Gasteiger partial charge is 0.396 e. The van der Waals surface area contributed by atoms with E-state index in [0.29, 0.717) is 24.1 Å². The van der Waals surface area contributed by atoms with Gasteiger partial charge < -0.3 is 15.7 Å². The highest BCUT2D eigenvalue weighted by Crippen LogP contribution is 2.38.